The molecule has 1 unspecified atom stereocenters. The zero-order chi connectivity index (χ0) is 25.7. The Bertz CT molecular complexity index is 567. The van der Waals surface area contributed by atoms with E-state index < -0.39 is 5.60 Å². The van der Waals surface area contributed by atoms with Gasteiger partial charge in [-0.15, -0.1) is 0 Å². The van der Waals surface area contributed by atoms with Gasteiger partial charge in [0.15, 0.2) is 0 Å². The first-order chi connectivity index (χ1) is 15.0. The molecular formula is C25H45BrN2O4. The lowest BCUT2D eigenvalue weighted by Crippen LogP contribution is -2.48. The molecule has 1 amide bonds. The van der Waals surface area contributed by atoms with Crippen LogP contribution in [0.4, 0.5) is 4.79 Å². The van der Waals surface area contributed by atoms with Crippen molar-refractivity contribution in [2.75, 3.05) is 27.2 Å². The van der Waals surface area contributed by atoms with Crippen molar-refractivity contribution >= 4 is 35.6 Å². The van der Waals surface area contributed by atoms with Crippen molar-refractivity contribution in [1.29, 1.82) is 0 Å². The van der Waals surface area contributed by atoms with E-state index in [0.29, 0.717) is 6.04 Å². The second kappa shape index (κ2) is 21.1. The lowest BCUT2D eigenvalue weighted by Gasteiger charge is -2.36. The molecule has 1 aromatic carbocycles. The second-order valence-electron chi connectivity index (χ2n) is 8.44. The van der Waals surface area contributed by atoms with Crippen LogP contribution in [-0.2, 0) is 14.3 Å². The molecule has 186 valence electrons. The molecule has 1 aromatic rings. The number of likely N-dealkylation sites (N-methyl/N-ethyl adjacent to an activating group) is 1. The Morgan fingerprint density at radius 1 is 1.12 bits per heavy atom. The minimum Gasteiger partial charge on any atom is -0.444 e. The zero-order valence-electron chi connectivity index (χ0n) is 21.4. The topological polar surface area (TPSA) is 66.9 Å². The minimum atomic E-state index is -0.401. The number of hydrogen-bond acceptors (Lipinski definition) is 5. The number of benzene rings is 1. The van der Waals surface area contributed by atoms with Crippen LogP contribution < -0.4 is 0 Å². The van der Waals surface area contributed by atoms with E-state index in [9.17, 15) is 4.79 Å². The Hall–Kier alpha value is -1.73. The van der Waals surface area contributed by atoms with Gasteiger partial charge in [0.25, 0.3) is 0 Å². The van der Waals surface area contributed by atoms with Crippen molar-refractivity contribution in [2.24, 2.45) is 0 Å². The predicted octanol–water partition coefficient (Wildman–Crippen LogP) is 6.14. The van der Waals surface area contributed by atoms with E-state index in [-0.39, 0.29) is 6.09 Å². The molecule has 0 N–H and O–H groups in total. The Morgan fingerprint density at radius 3 is 1.97 bits per heavy atom. The summed E-state index contributed by atoms with van der Waals surface area (Å²) in [7, 11) is 4.12. The first-order valence-electron chi connectivity index (χ1n) is 10.9. The normalized spacial score (nSPS) is 14.7. The maximum atomic E-state index is 11.9. The van der Waals surface area contributed by atoms with Gasteiger partial charge in [-0.05, 0) is 66.3 Å². The average molecular weight is 518 g/mol. The van der Waals surface area contributed by atoms with Gasteiger partial charge < -0.3 is 24.1 Å². The van der Waals surface area contributed by atoms with Gasteiger partial charge in [-0.3, -0.25) is 0 Å². The average Bonchev–Trinajstić information content (AvgIpc) is 2.78. The number of aryl methyl sites for hydroxylation is 1. The van der Waals surface area contributed by atoms with Gasteiger partial charge in [0.2, 0.25) is 0 Å². The number of rotatable bonds is 2. The maximum Gasteiger partial charge on any atom is 0.410 e. The van der Waals surface area contributed by atoms with E-state index in [1.807, 2.05) is 57.4 Å². The number of halogens is 1. The smallest absolute Gasteiger partial charge is 0.410 e. The van der Waals surface area contributed by atoms with Crippen LogP contribution >= 0.6 is 15.9 Å². The van der Waals surface area contributed by atoms with Crippen molar-refractivity contribution in [3.05, 3.63) is 34.3 Å². The zero-order valence-corrected chi connectivity index (χ0v) is 23.0. The summed E-state index contributed by atoms with van der Waals surface area (Å²) >= 11 is 3.40. The van der Waals surface area contributed by atoms with Gasteiger partial charge in [0.1, 0.15) is 19.2 Å². The molecule has 0 aromatic heterocycles. The van der Waals surface area contributed by atoms with Crippen LogP contribution in [0.15, 0.2) is 28.7 Å². The number of ether oxygens (including phenoxy) is 1. The van der Waals surface area contributed by atoms with Crippen molar-refractivity contribution in [3.63, 3.8) is 0 Å². The molecule has 1 aliphatic heterocycles. The van der Waals surface area contributed by atoms with Crippen LogP contribution in [0.1, 0.15) is 65.9 Å². The molecule has 0 radical (unpaired) electrons. The number of carbonyl (C=O) groups is 3. The van der Waals surface area contributed by atoms with Crippen LogP contribution in [-0.4, -0.2) is 68.3 Å². The summed E-state index contributed by atoms with van der Waals surface area (Å²) in [5, 5.41) is 0. The number of amides is 1. The highest BCUT2D eigenvalue weighted by molar-refractivity contribution is 9.10. The molecule has 1 saturated heterocycles. The van der Waals surface area contributed by atoms with Crippen molar-refractivity contribution in [3.8, 4) is 0 Å². The summed E-state index contributed by atoms with van der Waals surface area (Å²) < 4.78 is 6.55. The summed E-state index contributed by atoms with van der Waals surface area (Å²) in [5.41, 5.74) is 0.884. The van der Waals surface area contributed by atoms with Crippen molar-refractivity contribution < 1.29 is 19.1 Å². The lowest BCUT2D eigenvalue weighted by molar-refractivity contribution is -0.0987. The van der Waals surface area contributed by atoms with Crippen molar-refractivity contribution in [1.82, 2.24) is 9.80 Å². The molecule has 32 heavy (non-hydrogen) atoms. The minimum absolute atomic E-state index is 0.181. The molecule has 1 aliphatic rings. The third kappa shape index (κ3) is 19.0. The molecule has 7 heteroatoms. The molecule has 2 rings (SSSR count). The molecule has 0 saturated carbocycles. The largest absolute Gasteiger partial charge is 0.444 e. The standard InChI is InChI=1S/C12H24N2O2.C7H7Br.C4H10.2CH2O/c1-12(2,3)16-11(15)14-8-6-7-10(9-14)13(4)5;1-6-4-2-3-5-7(6)8;1-3-4-2;2*1-2/h10H,6-9H2,1-5H3;2-5H,1H3;3-4H2,1-2H3;2*1H2. The summed E-state index contributed by atoms with van der Waals surface area (Å²) in [4.78, 5) is 31.9. The number of unbranched alkanes of at least 4 members (excludes halogenated alkanes) is 1. The van der Waals surface area contributed by atoms with E-state index >= 15 is 0 Å². The van der Waals surface area contributed by atoms with Crippen LogP contribution in [0.2, 0.25) is 0 Å². The molecule has 0 spiro atoms. The fraction of sp³-hybridized carbons (Fsp3) is 0.640. The van der Waals surface area contributed by atoms with E-state index in [1.54, 1.807) is 0 Å². The fourth-order valence-electron chi connectivity index (χ4n) is 2.42. The van der Waals surface area contributed by atoms with E-state index in [4.69, 9.17) is 14.3 Å². The van der Waals surface area contributed by atoms with E-state index in [1.165, 1.54) is 22.9 Å². The van der Waals surface area contributed by atoms with Gasteiger partial charge in [-0.2, -0.15) is 0 Å². The number of piperidine rings is 1. The molecule has 1 fully saturated rings. The van der Waals surface area contributed by atoms with Gasteiger partial charge >= 0.3 is 6.09 Å². The number of nitrogens with zero attached hydrogens (tertiary/aromatic N) is 2. The van der Waals surface area contributed by atoms with Gasteiger partial charge in [0.05, 0.1) is 0 Å². The first-order valence-corrected chi connectivity index (χ1v) is 11.7. The summed E-state index contributed by atoms with van der Waals surface area (Å²) in [6, 6.07) is 8.61. The van der Waals surface area contributed by atoms with Crippen LogP contribution in [0, 0.1) is 6.92 Å². The predicted molar refractivity (Wildman–Crippen MR) is 138 cm³/mol. The number of carbonyl (C=O) groups excluding carboxylic acids is 3. The third-order valence-electron chi connectivity index (χ3n) is 4.36. The van der Waals surface area contributed by atoms with Crippen LogP contribution in [0.5, 0.6) is 0 Å². The molecule has 6 nitrogen and oxygen atoms in total. The third-order valence-corrected chi connectivity index (χ3v) is 5.24. The Morgan fingerprint density at radius 2 is 1.62 bits per heavy atom. The SMILES string of the molecule is C=O.C=O.CCCC.CN(C)C1CCCN(C(=O)OC(C)(C)C)C1.Cc1ccccc1Br. The van der Waals surface area contributed by atoms with Crippen LogP contribution in [0.3, 0.4) is 0 Å². The maximum absolute atomic E-state index is 11.9. The highest BCUT2D eigenvalue weighted by atomic mass is 79.9. The van der Waals surface area contributed by atoms with Gasteiger partial charge in [-0.1, -0.05) is 60.8 Å². The first kappa shape index (κ1) is 34.9. The number of hydrogen-bond donors (Lipinski definition) is 0. The fourth-order valence-corrected chi connectivity index (χ4v) is 2.70. The Kier molecular flexibility index (Phi) is 23.0. The monoisotopic (exact) mass is 516 g/mol. The summed E-state index contributed by atoms with van der Waals surface area (Å²) in [6.07, 6.45) is 4.67. The Labute approximate surface area is 204 Å². The Balaban J connectivity index is -0.000000437. The van der Waals surface area contributed by atoms with Crippen LogP contribution in [0.25, 0.3) is 0 Å². The molecule has 1 heterocycles. The molecule has 0 bridgehead atoms. The summed E-state index contributed by atoms with van der Waals surface area (Å²) in [5.74, 6) is 0. The highest BCUT2D eigenvalue weighted by Crippen LogP contribution is 2.17. The second-order valence-corrected chi connectivity index (χ2v) is 9.29. The summed E-state index contributed by atoms with van der Waals surface area (Å²) in [6.45, 7) is 17.7. The van der Waals surface area contributed by atoms with Crippen molar-refractivity contribution in [2.45, 2.75) is 78.9 Å². The quantitative estimate of drug-likeness (QED) is 0.471. The molecule has 1 atom stereocenters. The van der Waals surface area contributed by atoms with E-state index in [2.05, 4.69) is 61.8 Å². The van der Waals surface area contributed by atoms with Gasteiger partial charge in [0, 0.05) is 23.6 Å². The lowest BCUT2D eigenvalue weighted by atomic mass is 10.1. The van der Waals surface area contributed by atoms with Gasteiger partial charge in [-0.25, -0.2) is 4.79 Å². The number of likely N-dealkylation sites (tertiary alicyclic amines) is 1. The highest BCUT2D eigenvalue weighted by Gasteiger charge is 2.28. The molecular weight excluding hydrogens is 472 g/mol. The molecule has 0 aliphatic carbocycles. The van der Waals surface area contributed by atoms with E-state index in [0.717, 1.165) is 25.9 Å².